The first-order chi connectivity index (χ1) is 9.35. The van der Waals surface area contributed by atoms with Crippen molar-refractivity contribution < 1.29 is 12.8 Å². The molecule has 0 amide bonds. The molecule has 2 N–H and O–H groups in total. The highest BCUT2D eigenvalue weighted by Crippen LogP contribution is 2.23. The molecular weight excluding hydrogens is 326 g/mol. The molecule has 0 unspecified atom stereocenters. The van der Waals surface area contributed by atoms with E-state index in [2.05, 4.69) is 10.0 Å². The van der Waals surface area contributed by atoms with Gasteiger partial charge in [-0.05, 0) is 24.1 Å². The van der Waals surface area contributed by atoms with Crippen LogP contribution in [0.1, 0.15) is 12.0 Å². The molecule has 0 bridgehead atoms. The van der Waals surface area contributed by atoms with Gasteiger partial charge in [0.25, 0.3) is 0 Å². The molecule has 1 heterocycles. The molecule has 1 aliphatic rings. The van der Waals surface area contributed by atoms with Gasteiger partial charge in [0.2, 0.25) is 10.0 Å². The SMILES string of the molecule is O=S(=O)(Cc1ccc(Cl)c(Cl)c1)NC[C@@H]1C[C@H](F)CN1. The number of alkyl halides is 1. The second-order valence-electron chi connectivity index (χ2n) is 4.79. The van der Waals surface area contributed by atoms with E-state index in [-0.39, 0.29) is 24.9 Å². The summed E-state index contributed by atoms with van der Waals surface area (Å²) >= 11 is 11.6. The van der Waals surface area contributed by atoms with Gasteiger partial charge in [-0.3, -0.25) is 0 Å². The van der Waals surface area contributed by atoms with Gasteiger partial charge in [-0.25, -0.2) is 17.5 Å². The van der Waals surface area contributed by atoms with Crippen LogP contribution in [0, 0.1) is 0 Å². The molecule has 0 saturated carbocycles. The molecule has 1 aromatic rings. The molecule has 0 radical (unpaired) electrons. The Morgan fingerprint density at radius 3 is 2.70 bits per heavy atom. The van der Waals surface area contributed by atoms with E-state index in [0.717, 1.165) is 0 Å². The van der Waals surface area contributed by atoms with E-state index in [9.17, 15) is 12.8 Å². The Morgan fingerprint density at radius 1 is 1.35 bits per heavy atom. The average molecular weight is 341 g/mol. The van der Waals surface area contributed by atoms with Gasteiger partial charge in [0.15, 0.2) is 0 Å². The van der Waals surface area contributed by atoms with Crippen LogP contribution >= 0.6 is 23.2 Å². The van der Waals surface area contributed by atoms with Gasteiger partial charge in [0.1, 0.15) is 6.17 Å². The van der Waals surface area contributed by atoms with Crippen LogP contribution in [0.3, 0.4) is 0 Å². The second-order valence-corrected chi connectivity index (χ2v) is 7.42. The Bertz CT molecular complexity index is 583. The third-order valence-electron chi connectivity index (χ3n) is 3.06. The minimum Gasteiger partial charge on any atom is -0.310 e. The number of hydrogen-bond acceptors (Lipinski definition) is 3. The molecule has 0 aliphatic carbocycles. The standard InChI is InChI=1S/C12H15Cl2FN2O2S/c13-11-2-1-8(3-12(11)14)7-20(18,19)17-6-10-4-9(15)5-16-10/h1-3,9-10,16-17H,4-7H2/t9-,10-/m0/s1. The topological polar surface area (TPSA) is 58.2 Å². The first-order valence-corrected chi connectivity index (χ1v) is 8.55. The zero-order valence-electron chi connectivity index (χ0n) is 10.6. The van der Waals surface area contributed by atoms with E-state index < -0.39 is 16.2 Å². The molecule has 4 nitrogen and oxygen atoms in total. The molecule has 0 spiro atoms. The summed E-state index contributed by atoms with van der Waals surface area (Å²) in [6.07, 6.45) is -0.575. The molecule has 8 heteroatoms. The highest BCUT2D eigenvalue weighted by Gasteiger charge is 2.24. The lowest BCUT2D eigenvalue weighted by Gasteiger charge is -2.12. The summed E-state index contributed by atoms with van der Waals surface area (Å²) in [5, 5.41) is 3.62. The number of nitrogens with one attached hydrogen (secondary N) is 2. The van der Waals surface area contributed by atoms with Crippen molar-refractivity contribution in [3.05, 3.63) is 33.8 Å². The third-order valence-corrected chi connectivity index (χ3v) is 5.12. The molecule has 2 rings (SSSR count). The summed E-state index contributed by atoms with van der Waals surface area (Å²) in [6.45, 7) is 0.462. The van der Waals surface area contributed by atoms with Gasteiger partial charge in [-0.1, -0.05) is 29.3 Å². The first kappa shape index (κ1) is 16.0. The first-order valence-electron chi connectivity index (χ1n) is 6.14. The lowest BCUT2D eigenvalue weighted by molar-refractivity contribution is 0.355. The monoisotopic (exact) mass is 340 g/mol. The molecule has 1 aliphatic heterocycles. The van der Waals surface area contributed by atoms with Crippen LogP contribution in [-0.2, 0) is 15.8 Å². The largest absolute Gasteiger partial charge is 0.310 e. The molecule has 0 aromatic heterocycles. The maximum absolute atomic E-state index is 13.0. The fraction of sp³-hybridized carbons (Fsp3) is 0.500. The predicted octanol–water partition coefficient (Wildman–Crippen LogP) is 2.11. The number of benzene rings is 1. The van der Waals surface area contributed by atoms with Gasteiger partial charge < -0.3 is 5.32 Å². The zero-order chi connectivity index (χ0) is 14.8. The minimum atomic E-state index is -3.48. The van der Waals surface area contributed by atoms with Crippen molar-refractivity contribution in [2.75, 3.05) is 13.1 Å². The number of rotatable bonds is 5. The molecule has 20 heavy (non-hydrogen) atoms. The summed E-state index contributed by atoms with van der Waals surface area (Å²) in [5.74, 6) is -0.185. The molecule has 1 saturated heterocycles. The maximum Gasteiger partial charge on any atom is 0.215 e. The van der Waals surface area contributed by atoms with Gasteiger partial charge in [0, 0.05) is 19.1 Å². The number of sulfonamides is 1. The van der Waals surface area contributed by atoms with Crippen LogP contribution in [0.2, 0.25) is 10.0 Å². The summed E-state index contributed by atoms with van der Waals surface area (Å²) < 4.78 is 39.3. The third kappa shape index (κ3) is 4.56. The Balaban J connectivity index is 1.91. The normalized spacial score (nSPS) is 23.1. The summed E-state index contributed by atoms with van der Waals surface area (Å²) in [7, 11) is -3.48. The summed E-state index contributed by atoms with van der Waals surface area (Å²) in [4.78, 5) is 0. The number of halogens is 3. The van der Waals surface area contributed by atoms with Crippen molar-refractivity contribution in [3.63, 3.8) is 0 Å². The minimum absolute atomic E-state index is 0.159. The Kier molecular flexibility index (Phi) is 5.25. The lowest BCUT2D eigenvalue weighted by Crippen LogP contribution is -2.37. The van der Waals surface area contributed by atoms with Crippen LogP contribution < -0.4 is 10.0 Å². The van der Waals surface area contributed by atoms with Crippen LogP contribution in [0.4, 0.5) is 4.39 Å². The van der Waals surface area contributed by atoms with Crippen molar-refractivity contribution in [3.8, 4) is 0 Å². The van der Waals surface area contributed by atoms with E-state index in [0.29, 0.717) is 22.0 Å². The van der Waals surface area contributed by atoms with Crippen LogP contribution in [0.25, 0.3) is 0 Å². The Labute approximate surface area is 127 Å². The van der Waals surface area contributed by atoms with Crippen molar-refractivity contribution in [2.24, 2.45) is 0 Å². The van der Waals surface area contributed by atoms with E-state index in [1.165, 1.54) is 6.07 Å². The Hall–Kier alpha value is -0.400. The maximum atomic E-state index is 13.0. The summed E-state index contributed by atoms with van der Waals surface area (Å²) in [5.41, 5.74) is 0.551. The quantitative estimate of drug-likeness (QED) is 0.863. The second kappa shape index (κ2) is 6.58. The van der Waals surface area contributed by atoms with Crippen LogP contribution in [0.15, 0.2) is 18.2 Å². The molecule has 1 fully saturated rings. The fourth-order valence-corrected chi connectivity index (χ4v) is 3.55. The van der Waals surface area contributed by atoms with Crippen molar-refractivity contribution in [1.29, 1.82) is 0 Å². The van der Waals surface area contributed by atoms with Crippen LogP contribution in [-0.4, -0.2) is 33.7 Å². The molecule has 1 aromatic carbocycles. The van der Waals surface area contributed by atoms with E-state index >= 15 is 0 Å². The average Bonchev–Trinajstić information content (AvgIpc) is 2.77. The highest BCUT2D eigenvalue weighted by atomic mass is 35.5. The lowest BCUT2D eigenvalue weighted by atomic mass is 10.2. The smallest absolute Gasteiger partial charge is 0.215 e. The van der Waals surface area contributed by atoms with Crippen LogP contribution in [0.5, 0.6) is 0 Å². The molecular formula is C12H15Cl2FN2O2S. The van der Waals surface area contributed by atoms with Crippen molar-refractivity contribution in [2.45, 2.75) is 24.4 Å². The van der Waals surface area contributed by atoms with Crippen molar-refractivity contribution >= 4 is 33.2 Å². The Morgan fingerprint density at radius 2 is 2.10 bits per heavy atom. The van der Waals surface area contributed by atoms with Gasteiger partial charge in [-0.15, -0.1) is 0 Å². The van der Waals surface area contributed by atoms with Gasteiger partial charge in [0.05, 0.1) is 15.8 Å². The molecule has 2 atom stereocenters. The summed E-state index contributed by atoms with van der Waals surface area (Å²) in [6, 6.07) is 4.53. The molecule has 112 valence electrons. The predicted molar refractivity (Wildman–Crippen MR) is 78.4 cm³/mol. The van der Waals surface area contributed by atoms with E-state index in [1.807, 2.05) is 0 Å². The number of hydrogen-bond donors (Lipinski definition) is 2. The fourth-order valence-electron chi connectivity index (χ4n) is 2.05. The highest BCUT2D eigenvalue weighted by molar-refractivity contribution is 7.88. The van der Waals surface area contributed by atoms with Crippen molar-refractivity contribution in [1.82, 2.24) is 10.0 Å². The van der Waals surface area contributed by atoms with E-state index in [4.69, 9.17) is 23.2 Å². The van der Waals surface area contributed by atoms with Gasteiger partial charge in [-0.2, -0.15) is 0 Å². The zero-order valence-corrected chi connectivity index (χ0v) is 12.9. The van der Waals surface area contributed by atoms with Gasteiger partial charge >= 0.3 is 0 Å². The van der Waals surface area contributed by atoms with E-state index in [1.54, 1.807) is 12.1 Å².